The van der Waals surface area contributed by atoms with E-state index in [4.69, 9.17) is 10.5 Å². The Hall–Kier alpha value is -1.14. The molecule has 2 nitrogen and oxygen atoms in total. The predicted molar refractivity (Wildman–Crippen MR) is 64.4 cm³/mol. The highest BCUT2D eigenvalue weighted by Crippen LogP contribution is 2.36. The molecule has 0 bridgehead atoms. The summed E-state index contributed by atoms with van der Waals surface area (Å²) < 4.78 is 57.4. The minimum absolute atomic E-state index is 0.0264. The number of ether oxygens (including phenoxy) is 1. The Balaban J connectivity index is 3.09. The van der Waals surface area contributed by atoms with Crippen LogP contribution in [-0.4, -0.2) is 20.3 Å². The largest absolute Gasteiger partial charge is 0.416 e. The Labute approximate surface area is 109 Å². The van der Waals surface area contributed by atoms with E-state index in [0.29, 0.717) is 6.42 Å². The zero-order valence-corrected chi connectivity index (χ0v) is 10.6. The Morgan fingerprint density at radius 2 is 1.79 bits per heavy atom. The van der Waals surface area contributed by atoms with E-state index >= 15 is 0 Å². The van der Waals surface area contributed by atoms with E-state index in [9.17, 15) is 17.6 Å². The second-order valence-corrected chi connectivity index (χ2v) is 4.37. The molecule has 0 aliphatic rings. The zero-order chi connectivity index (χ0) is 14.5. The first-order valence-corrected chi connectivity index (χ1v) is 5.89. The minimum atomic E-state index is -4.49. The molecule has 19 heavy (non-hydrogen) atoms. The first kappa shape index (κ1) is 15.9. The van der Waals surface area contributed by atoms with Crippen molar-refractivity contribution in [1.29, 1.82) is 0 Å². The minimum Gasteiger partial charge on any atom is -0.381 e. The van der Waals surface area contributed by atoms with Crippen LogP contribution in [-0.2, 0) is 16.6 Å². The molecule has 1 rings (SSSR count). The van der Waals surface area contributed by atoms with Gasteiger partial charge in [-0.1, -0.05) is 12.1 Å². The lowest BCUT2D eigenvalue weighted by Crippen LogP contribution is -2.27. The van der Waals surface area contributed by atoms with Gasteiger partial charge in [0.25, 0.3) is 0 Å². The molecular weight excluding hydrogens is 262 g/mol. The van der Waals surface area contributed by atoms with Gasteiger partial charge in [0.05, 0.1) is 12.2 Å². The van der Waals surface area contributed by atoms with Crippen LogP contribution in [0, 0.1) is 0 Å². The Bertz CT molecular complexity index is 408. The summed E-state index contributed by atoms with van der Waals surface area (Å²) in [6.07, 6.45) is -4.09. The summed E-state index contributed by atoms with van der Waals surface area (Å²) in [5.74, 6) is 0. The van der Waals surface area contributed by atoms with E-state index in [1.165, 1.54) is 19.2 Å². The van der Waals surface area contributed by atoms with E-state index in [2.05, 4.69) is 0 Å². The van der Waals surface area contributed by atoms with Crippen molar-refractivity contribution in [3.05, 3.63) is 35.4 Å². The summed E-state index contributed by atoms with van der Waals surface area (Å²) in [5, 5.41) is 0. The zero-order valence-electron chi connectivity index (χ0n) is 10.6. The van der Waals surface area contributed by atoms with Gasteiger partial charge in [0.2, 0.25) is 0 Å². The number of hydrogen-bond donors (Lipinski definition) is 1. The maximum atomic E-state index is 14.7. The average Bonchev–Trinajstić information content (AvgIpc) is 2.36. The lowest BCUT2D eigenvalue weighted by Gasteiger charge is -2.25. The van der Waals surface area contributed by atoms with Crippen LogP contribution in [0.5, 0.6) is 0 Å². The smallest absolute Gasteiger partial charge is 0.381 e. The molecular formula is C13H17F4NO. The number of hydrogen-bond acceptors (Lipinski definition) is 2. The lowest BCUT2D eigenvalue weighted by molar-refractivity contribution is -0.137. The van der Waals surface area contributed by atoms with E-state index in [-0.39, 0.29) is 25.1 Å². The second kappa shape index (κ2) is 6.34. The number of benzene rings is 1. The van der Waals surface area contributed by atoms with Gasteiger partial charge in [-0.25, -0.2) is 4.39 Å². The molecule has 0 spiro atoms. The van der Waals surface area contributed by atoms with Gasteiger partial charge in [-0.2, -0.15) is 13.2 Å². The van der Waals surface area contributed by atoms with Gasteiger partial charge >= 0.3 is 6.18 Å². The SMILES string of the molecule is COCC(F)(CCCN)c1cccc(C(F)(F)F)c1. The van der Waals surface area contributed by atoms with Crippen molar-refractivity contribution in [1.82, 2.24) is 0 Å². The number of methoxy groups -OCH3 is 1. The molecule has 1 unspecified atom stereocenters. The first-order chi connectivity index (χ1) is 8.83. The summed E-state index contributed by atoms with van der Waals surface area (Å²) in [6, 6.07) is 4.28. The van der Waals surface area contributed by atoms with Gasteiger partial charge < -0.3 is 10.5 Å². The molecule has 0 fully saturated rings. The standard InChI is InChI=1S/C13H17F4NO/c1-19-9-12(14,6-3-7-18)10-4-2-5-11(8-10)13(15,16)17/h2,4-5,8H,3,6-7,9,18H2,1H3. The van der Waals surface area contributed by atoms with Crippen LogP contribution in [0.2, 0.25) is 0 Å². The third kappa shape index (κ3) is 4.18. The van der Waals surface area contributed by atoms with Crippen molar-refractivity contribution in [2.75, 3.05) is 20.3 Å². The summed E-state index contributed by atoms with van der Waals surface area (Å²) in [6.45, 7) is -0.0251. The maximum Gasteiger partial charge on any atom is 0.416 e. The van der Waals surface area contributed by atoms with E-state index in [1.54, 1.807) is 0 Å². The molecule has 1 aromatic carbocycles. The molecule has 1 aromatic rings. The normalized spacial score (nSPS) is 15.3. The Morgan fingerprint density at radius 1 is 1.16 bits per heavy atom. The van der Waals surface area contributed by atoms with Crippen LogP contribution in [0.15, 0.2) is 24.3 Å². The van der Waals surface area contributed by atoms with Crippen LogP contribution in [0.4, 0.5) is 17.6 Å². The maximum absolute atomic E-state index is 14.7. The first-order valence-electron chi connectivity index (χ1n) is 5.89. The number of nitrogens with two attached hydrogens (primary N) is 1. The van der Waals surface area contributed by atoms with Gasteiger partial charge in [0.1, 0.15) is 0 Å². The van der Waals surface area contributed by atoms with Gasteiger partial charge in [0, 0.05) is 7.11 Å². The van der Waals surface area contributed by atoms with Crippen molar-refractivity contribution in [3.63, 3.8) is 0 Å². The van der Waals surface area contributed by atoms with Crippen molar-refractivity contribution in [3.8, 4) is 0 Å². The molecule has 0 aromatic heterocycles. The molecule has 0 aliphatic carbocycles. The molecule has 0 saturated carbocycles. The number of alkyl halides is 4. The van der Waals surface area contributed by atoms with Gasteiger partial charge in [-0.15, -0.1) is 0 Å². The molecule has 0 saturated heterocycles. The van der Waals surface area contributed by atoms with Gasteiger partial charge in [-0.3, -0.25) is 0 Å². The summed E-state index contributed by atoms with van der Waals surface area (Å²) >= 11 is 0. The predicted octanol–water partition coefficient (Wildman–Crippen LogP) is 3.26. The molecule has 0 heterocycles. The lowest BCUT2D eigenvalue weighted by atomic mass is 9.90. The Morgan fingerprint density at radius 3 is 2.32 bits per heavy atom. The molecule has 1 atom stereocenters. The van der Waals surface area contributed by atoms with Crippen molar-refractivity contribution in [2.24, 2.45) is 5.73 Å². The fraction of sp³-hybridized carbons (Fsp3) is 0.538. The fourth-order valence-corrected chi connectivity index (χ4v) is 1.89. The fourth-order valence-electron chi connectivity index (χ4n) is 1.89. The summed E-state index contributed by atoms with van der Waals surface area (Å²) in [7, 11) is 1.31. The third-order valence-corrected chi connectivity index (χ3v) is 2.86. The quantitative estimate of drug-likeness (QED) is 0.811. The topological polar surface area (TPSA) is 35.2 Å². The van der Waals surface area contributed by atoms with Crippen LogP contribution >= 0.6 is 0 Å². The second-order valence-electron chi connectivity index (χ2n) is 4.37. The van der Waals surface area contributed by atoms with Crippen molar-refractivity contribution >= 4 is 0 Å². The summed E-state index contributed by atoms with van der Waals surface area (Å²) in [4.78, 5) is 0. The van der Waals surface area contributed by atoms with Crippen LogP contribution in [0.1, 0.15) is 24.0 Å². The van der Waals surface area contributed by atoms with E-state index < -0.39 is 17.4 Å². The van der Waals surface area contributed by atoms with Crippen LogP contribution in [0.3, 0.4) is 0 Å². The monoisotopic (exact) mass is 279 g/mol. The molecule has 0 radical (unpaired) electrons. The van der Waals surface area contributed by atoms with Crippen molar-refractivity contribution in [2.45, 2.75) is 24.7 Å². The third-order valence-electron chi connectivity index (χ3n) is 2.86. The average molecular weight is 279 g/mol. The van der Waals surface area contributed by atoms with Gasteiger partial charge in [0.15, 0.2) is 5.67 Å². The highest BCUT2D eigenvalue weighted by molar-refractivity contribution is 5.30. The molecule has 108 valence electrons. The summed E-state index contributed by atoms with van der Waals surface area (Å²) in [5.41, 5.74) is 2.48. The Kier molecular flexibility index (Phi) is 5.31. The van der Waals surface area contributed by atoms with Crippen LogP contribution in [0.25, 0.3) is 0 Å². The van der Waals surface area contributed by atoms with E-state index in [0.717, 1.165) is 12.1 Å². The van der Waals surface area contributed by atoms with Crippen molar-refractivity contribution < 1.29 is 22.3 Å². The number of halogens is 4. The van der Waals surface area contributed by atoms with E-state index in [1.807, 2.05) is 0 Å². The number of rotatable bonds is 6. The highest BCUT2D eigenvalue weighted by Gasteiger charge is 2.35. The highest BCUT2D eigenvalue weighted by atomic mass is 19.4. The molecule has 6 heteroatoms. The molecule has 0 amide bonds. The van der Waals surface area contributed by atoms with Gasteiger partial charge in [-0.05, 0) is 37.1 Å². The van der Waals surface area contributed by atoms with Crippen LogP contribution < -0.4 is 5.73 Å². The molecule has 0 aliphatic heterocycles. The molecule has 2 N–H and O–H groups in total.